The third-order valence-electron chi connectivity index (χ3n) is 5.88. The molecule has 5 heteroatoms. The number of hydrogen-bond acceptors (Lipinski definition) is 4. The van der Waals surface area contributed by atoms with Crippen LogP contribution in [0, 0.1) is 5.41 Å². The molecule has 26 heavy (non-hydrogen) atoms. The predicted molar refractivity (Wildman–Crippen MR) is 98.7 cm³/mol. The third-order valence-corrected chi connectivity index (χ3v) is 5.88. The molecule has 2 fully saturated rings. The second kappa shape index (κ2) is 7.25. The maximum atomic E-state index is 13.4. The average molecular weight is 354 g/mol. The van der Waals surface area contributed by atoms with Crippen molar-refractivity contribution in [3.05, 3.63) is 60.1 Å². The average Bonchev–Trinajstić information content (AvgIpc) is 3.37. The summed E-state index contributed by atoms with van der Waals surface area (Å²) < 4.78 is 10.7. The van der Waals surface area contributed by atoms with Crippen LogP contribution in [-0.4, -0.2) is 55.6 Å². The first kappa shape index (κ1) is 17.3. The molecule has 0 aliphatic carbocycles. The van der Waals surface area contributed by atoms with E-state index in [1.54, 1.807) is 13.4 Å². The molecule has 2 aliphatic rings. The van der Waals surface area contributed by atoms with Gasteiger partial charge in [-0.2, -0.15) is 0 Å². The lowest BCUT2D eigenvalue weighted by molar-refractivity contribution is -0.136. The van der Waals surface area contributed by atoms with Crippen molar-refractivity contribution in [3.63, 3.8) is 0 Å². The Morgan fingerprint density at radius 2 is 2.08 bits per heavy atom. The van der Waals surface area contributed by atoms with E-state index in [0.29, 0.717) is 13.2 Å². The largest absolute Gasteiger partial charge is 0.468 e. The molecule has 2 saturated heterocycles. The Balaban J connectivity index is 1.60. The summed E-state index contributed by atoms with van der Waals surface area (Å²) >= 11 is 0. The summed E-state index contributed by atoms with van der Waals surface area (Å²) in [5.74, 6) is 1.46. The van der Waals surface area contributed by atoms with E-state index in [-0.39, 0.29) is 17.2 Å². The highest BCUT2D eigenvalue weighted by molar-refractivity contribution is 5.87. The van der Waals surface area contributed by atoms with Crippen LogP contribution in [0.4, 0.5) is 0 Å². The lowest BCUT2D eigenvalue weighted by atomic mass is 9.73. The molecule has 138 valence electrons. The fourth-order valence-corrected chi connectivity index (χ4v) is 4.60. The number of methoxy groups -OCH3 is 1. The van der Waals surface area contributed by atoms with E-state index in [1.165, 1.54) is 5.56 Å². The summed E-state index contributed by atoms with van der Waals surface area (Å²) in [6.45, 7) is 4.51. The summed E-state index contributed by atoms with van der Waals surface area (Å²) in [5, 5.41) is 0. The second-order valence-electron chi connectivity index (χ2n) is 7.40. The quantitative estimate of drug-likeness (QED) is 0.800. The number of carbonyl (C=O) groups is 1. The van der Waals surface area contributed by atoms with Crippen molar-refractivity contribution in [2.45, 2.75) is 18.9 Å². The monoisotopic (exact) mass is 354 g/mol. The molecule has 1 aromatic carbocycles. The van der Waals surface area contributed by atoms with Crippen molar-refractivity contribution < 1.29 is 13.9 Å². The first-order valence-electron chi connectivity index (χ1n) is 9.31. The summed E-state index contributed by atoms with van der Waals surface area (Å²) in [6.07, 6.45) is 2.62. The van der Waals surface area contributed by atoms with Crippen LogP contribution < -0.4 is 0 Å². The van der Waals surface area contributed by atoms with Crippen molar-refractivity contribution in [1.82, 2.24) is 9.80 Å². The number of carbonyl (C=O) groups excluding carboxylic acids is 1. The van der Waals surface area contributed by atoms with E-state index in [2.05, 4.69) is 29.2 Å². The molecule has 2 aromatic rings. The Labute approximate surface area is 154 Å². The Morgan fingerprint density at radius 3 is 2.81 bits per heavy atom. The highest BCUT2D eigenvalue weighted by Gasteiger charge is 2.56. The van der Waals surface area contributed by atoms with Gasteiger partial charge in [0.2, 0.25) is 5.91 Å². The summed E-state index contributed by atoms with van der Waals surface area (Å²) in [4.78, 5) is 17.7. The van der Waals surface area contributed by atoms with Gasteiger partial charge in [0.05, 0.1) is 24.8 Å². The van der Waals surface area contributed by atoms with Crippen molar-refractivity contribution in [2.75, 3.05) is 39.9 Å². The number of benzene rings is 1. The first-order valence-corrected chi connectivity index (χ1v) is 9.31. The van der Waals surface area contributed by atoms with Gasteiger partial charge in [0.25, 0.3) is 0 Å². The normalized spacial score (nSPS) is 26.3. The highest BCUT2D eigenvalue weighted by Crippen LogP contribution is 2.50. The minimum atomic E-state index is -0.332. The van der Waals surface area contributed by atoms with E-state index in [4.69, 9.17) is 9.15 Å². The maximum absolute atomic E-state index is 13.4. The van der Waals surface area contributed by atoms with Gasteiger partial charge in [0.15, 0.2) is 0 Å². The first-order chi connectivity index (χ1) is 12.7. The van der Waals surface area contributed by atoms with E-state index < -0.39 is 0 Å². The standard InChI is InChI=1S/C21H26N2O3/c1-25-13-11-23-10-9-21(20(23)24)16-22(14-18-8-5-12-26-18)15-19(21)17-6-3-2-4-7-17/h2-8,12,19H,9-11,13-16H2,1H3/t19-,21-/m0/s1. The molecule has 4 rings (SSSR count). The van der Waals surface area contributed by atoms with Crippen LogP contribution in [0.2, 0.25) is 0 Å². The molecule has 0 bridgehead atoms. The molecular weight excluding hydrogens is 328 g/mol. The highest BCUT2D eigenvalue weighted by atomic mass is 16.5. The van der Waals surface area contributed by atoms with Gasteiger partial charge in [-0.15, -0.1) is 0 Å². The van der Waals surface area contributed by atoms with Crippen molar-refractivity contribution in [3.8, 4) is 0 Å². The number of likely N-dealkylation sites (tertiary alicyclic amines) is 2. The Bertz CT molecular complexity index is 731. The zero-order valence-corrected chi connectivity index (χ0v) is 15.3. The molecular formula is C21H26N2O3. The second-order valence-corrected chi connectivity index (χ2v) is 7.40. The zero-order valence-electron chi connectivity index (χ0n) is 15.3. The van der Waals surface area contributed by atoms with Crippen molar-refractivity contribution in [1.29, 1.82) is 0 Å². The minimum Gasteiger partial charge on any atom is -0.468 e. The Morgan fingerprint density at radius 1 is 1.23 bits per heavy atom. The van der Waals surface area contributed by atoms with Gasteiger partial charge in [0.1, 0.15) is 5.76 Å². The molecule has 0 saturated carbocycles. The molecule has 1 spiro atoms. The number of rotatable bonds is 6. The lowest BCUT2D eigenvalue weighted by Gasteiger charge is -2.29. The molecule has 0 radical (unpaired) electrons. The lowest BCUT2D eigenvalue weighted by Crippen LogP contribution is -2.40. The number of nitrogens with zero attached hydrogens (tertiary/aromatic N) is 2. The van der Waals surface area contributed by atoms with Crippen LogP contribution >= 0.6 is 0 Å². The van der Waals surface area contributed by atoms with Gasteiger partial charge in [-0.1, -0.05) is 30.3 Å². The van der Waals surface area contributed by atoms with Crippen molar-refractivity contribution in [2.24, 2.45) is 5.41 Å². The van der Waals surface area contributed by atoms with E-state index in [0.717, 1.165) is 38.4 Å². The predicted octanol–water partition coefficient (Wildman–Crippen LogP) is 2.74. The number of ether oxygens (including phenoxy) is 1. The van der Waals surface area contributed by atoms with Gasteiger partial charge in [-0.3, -0.25) is 9.69 Å². The van der Waals surface area contributed by atoms with Crippen molar-refractivity contribution >= 4 is 5.91 Å². The molecule has 5 nitrogen and oxygen atoms in total. The molecule has 0 N–H and O–H groups in total. The molecule has 2 aliphatic heterocycles. The van der Waals surface area contributed by atoms with Crippen LogP contribution in [0.15, 0.2) is 53.1 Å². The number of furan rings is 1. The van der Waals surface area contributed by atoms with Gasteiger partial charge < -0.3 is 14.1 Å². The Kier molecular flexibility index (Phi) is 4.83. The summed E-state index contributed by atoms with van der Waals surface area (Å²) in [6, 6.07) is 14.4. The molecule has 0 unspecified atom stereocenters. The van der Waals surface area contributed by atoms with Gasteiger partial charge in [-0.05, 0) is 24.1 Å². The van der Waals surface area contributed by atoms with Gasteiger partial charge >= 0.3 is 0 Å². The van der Waals surface area contributed by atoms with Crippen LogP contribution in [0.3, 0.4) is 0 Å². The number of amides is 1. The summed E-state index contributed by atoms with van der Waals surface area (Å²) in [5.41, 5.74) is 0.929. The van der Waals surface area contributed by atoms with Crippen LogP contribution in [0.1, 0.15) is 23.7 Å². The van der Waals surface area contributed by atoms with E-state index in [1.807, 2.05) is 23.1 Å². The van der Waals surface area contributed by atoms with Gasteiger partial charge in [-0.25, -0.2) is 0 Å². The SMILES string of the molecule is COCCN1CC[C@@]2(CN(Cc3ccco3)C[C@H]2c2ccccc2)C1=O. The smallest absolute Gasteiger partial charge is 0.230 e. The Hall–Kier alpha value is -2.11. The molecule has 3 heterocycles. The molecule has 2 atom stereocenters. The fraction of sp³-hybridized carbons (Fsp3) is 0.476. The third kappa shape index (κ3) is 3.06. The summed E-state index contributed by atoms with van der Waals surface area (Å²) in [7, 11) is 1.68. The molecule has 1 amide bonds. The van der Waals surface area contributed by atoms with Crippen LogP contribution in [-0.2, 0) is 16.1 Å². The molecule has 1 aromatic heterocycles. The van der Waals surface area contributed by atoms with E-state index >= 15 is 0 Å². The minimum absolute atomic E-state index is 0.221. The van der Waals surface area contributed by atoms with Gasteiger partial charge in [0, 0.05) is 39.2 Å². The van der Waals surface area contributed by atoms with E-state index in [9.17, 15) is 4.79 Å². The topological polar surface area (TPSA) is 45.9 Å². The zero-order chi connectivity index (χ0) is 18.0. The van der Waals surface area contributed by atoms with Crippen LogP contribution in [0.25, 0.3) is 0 Å². The maximum Gasteiger partial charge on any atom is 0.230 e. The van der Waals surface area contributed by atoms with Crippen LogP contribution in [0.5, 0.6) is 0 Å². The number of hydrogen-bond donors (Lipinski definition) is 0. The fourth-order valence-electron chi connectivity index (χ4n) is 4.60.